The lowest BCUT2D eigenvalue weighted by Gasteiger charge is -2.18. The van der Waals surface area contributed by atoms with Crippen molar-refractivity contribution in [2.75, 3.05) is 13.2 Å². The molecule has 6 nitrogen and oxygen atoms in total. The zero-order valence-electron chi connectivity index (χ0n) is 54.9. The molecule has 0 aromatic heterocycles. The molecule has 0 aliphatic carbocycles. The molecule has 1 unspecified atom stereocenters. The molecule has 0 spiro atoms. The second-order valence-corrected chi connectivity index (χ2v) is 25.6. The molecule has 0 aromatic rings. The molecular weight excluding hydrogens is 985 g/mol. The topological polar surface area (TPSA) is 78.9 Å². The molecule has 0 radical (unpaired) electrons. The summed E-state index contributed by atoms with van der Waals surface area (Å²) in [6.07, 6.45) is 82.9. The smallest absolute Gasteiger partial charge is 0.306 e. The van der Waals surface area contributed by atoms with Crippen LogP contribution in [0.3, 0.4) is 0 Å². The van der Waals surface area contributed by atoms with Crippen LogP contribution in [0.2, 0.25) is 0 Å². The van der Waals surface area contributed by atoms with E-state index in [-0.39, 0.29) is 31.1 Å². The molecule has 1 atom stereocenters. The van der Waals surface area contributed by atoms with Crippen molar-refractivity contribution in [2.24, 2.45) is 0 Å². The molecule has 0 fully saturated rings. The van der Waals surface area contributed by atoms with E-state index in [9.17, 15) is 14.4 Å². The Morgan fingerprint density at radius 3 is 0.500 bits per heavy atom. The first-order valence-electron chi connectivity index (χ1n) is 37.0. The van der Waals surface area contributed by atoms with Gasteiger partial charge in [-0.25, -0.2) is 0 Å². The van der Waals surface area contributed by atoms with Crippen molar-refractivity contribution in [2.45, 2.75) is 444 Å². The lowest BCUT2D eigenvalue weighted by Crippen LogP contribution is -2.30. The van der Waals surface area contributed by atoms with E-state index in [0.717, 1.165) is 57.8 Å². The van der Waals surface area contributed by atoms with Gasteiger partial charge in [0.25, 0.3) is 0 Å². The van der Waals surface area contributed by atoms with Crippen molar-refractivity contribution in [3.63, 3.8) is 0 Å². The van der Waals surface area contributed by atoms with Crippen LogP contribution in [0, 0.1) is 0 Å². The van der Waals surface area contributed by atoms with Gasteiger partial charge in [0.05, 0.1) is 0 Å². The lowest BCUT2D eigenvalue weighted by molar-refractivity contribution is -0.167. The van der Waals surface area contributed by atoms with Gasteiger partial charge in [0.15, 0.2) is 6.10 Å². The lowest BCUT2D eigenvalue weighted by atomic mass is 10.0. The molecule has 80 heavy (non-hydrogen) atoms. The fraction of sp³-hybridized carbons (Fsp3) is 0.959. The van der Waals surface area contributed by atoms with Crippen LogP contribution in [0.25, 0.3) is 0 Å². The molecule has 0 rings (SSSR count). The first kappa shape index (κ1) is 78.4. The number of carbonyl (C=O) groups is 3. The van der Waals surface area contributed by atoms with Gasteiger partial charge in [0.2, 0.25) is 0 Å². The van der Waals surface area contributed by atoms with Crippen LogP contribution in [0.5, 0.6) is 0 Å². The Balaban J connectivity index is 4.18. The second kappa shape index (κ2) is 69.9. The van der Waals surface area contributed by atoms with E-state index in [2.05, 4.69) is 20.8 Å². The summed E-state index contributed by atoms with van der Waals surface area (Å²) in [5, 5.41) is 0. The predicted octanol–water partition coefficient (Wildman–Crippen LogP) is 25.4. The molecule has 0 saturated carbocycles. The van der Waals surface area contributed by atoms with Gasteiger partial charge in [-0.3, -0.25) is 14.4 Å². The first-order valence-corrected chi connectivity index (χ1v) is 37.0. The fourth-order valence-corrected chi connectivity index (χ4v) is 11.8. The van der Waals surface area contributed by atoms with Crippen LogP contribution in [0.1, 0.15) is 438 Å². The van der Waals surface area contributed by atoms with Crippen LogP contribution >= 0.6 is 0 Å². The minimum absolute atomic E-state index is 0.0600. The fourth-order valence-electron chi connectivity index (χ4n) is 11.8. The van der Waals surface area contributed by atoms with Gasteiger partial charge in [-0.1, -0.05) is 400 Å². The maximum Gasteiger partial charge on any atom is 0.306 e. The van der Waals surface area contributed by atoms with Crippen LogP contribution in [-0.2, 0) is 28.6 Å². The minimum atomic E-state index is -0.764. The number of rotatable bonds is 70. The number of hydrogen-bond donors (Lipinski definition) is 0. The summed E-state index contributed by atoms with van der Waals surface area (Å²) in [7, 11) is 0. The van der Waals surface area contributed by atoms with E-state index >= 15 is 0 Å². The number of carbonyl (C=O) groups excluding carboxylic acids is 3. The molecule has 0 aliphatic heterocycles. The Kier molecular flexibility index (Phi) is 68.5. The van der Waals surface area contributed by atoms with Crippen molar-refractivity contribution >= 4 is 17.9 Å². The summed E-state index contributed by atoms with van der Waals surface area (Å²) in [6, 6.07) is 0. The highest BCUT2D eigenvalue weighted by Crippen LogP contribution is 2.20. The highest BCUT2D eigenvalue weighted by molar-refractivity contribution is 5.71. The average molecular weight is 1130 g/mol. The van der Waals surface area contributed by atoms with Crippen molar-refractivity contribution in [3.05, 3.63) is 0 Å². The Bertz CT molecular complexity index is 1200. The summed E-state index contributed by atoms with van der Waals surface area (Å²) in [4.78, 5) is 38.5. The Morgan fingerprint density at radius 2 is 0.338 bits per heavy atom. The quantitative estimate of drug-likeness (QED) is 0.0343. The van der Waals surface area contributed by atoms with Crippen LogP contribution in [0.15, 0.2) is 0 Å². The zero-order chi connectivity index (χ0) is 57.8. The van der Waals surface area contributed by atoms with Gasteiger partial charge in [-0.15, -0.1) is 0 Å². The summed E-state index contributed by atoms with van der Waals surface area (Å²) in [6.45, 7) is 6.75. The summed E-state index contributed by atoms with van der Waals surface area (Å²) in [5.74, 6) is -0.817. The van der Waals surface area contributed by atoms with E-state index in [0.29, 0.717) is 19.3 Å². The second-order valence-electron chi connectivity index (χ2n) is 25.6. The molecule has 6 heteroatoms. The van der Waals surface area contributed by atoms with E-state index < -0.39 is 6.10 Å². The third-order valence-electron chi connectivity index (χ3n) is 17.4. The first-order chi connectivity index (χ1) is 39.5. The normalized spacial score (nSPS) is 11.9. The summed E-state index contributed by atoms with van der Waals surface area (Å²) < 4.78 is 17.0. The minimum Gasteiger partial charge on any atom is -0.462 e. The van der Waals surface area contributed by atoms with E-state index in [4.69, 9.17) is 14.2 Å². The van der Waals surface area contributed by atoms with Crippen molar-refractivity contribution in [1.82, 2.24) is 0 Å². The monoisotopic (exact) mass is 1130 g/mol. The number of hydrogen-bond acceptors (Lipinski definition) is 6. The third-order valence-corrected chi connectivity index (χ3v) is 17.4. The molecule has 0 N–H and O–H groups in total. The van der Waals surface area contributed by atoms with Gasteiger partial charge >= 0.3 is 17.9 Å². The highest BCUT2D eigenvalue weighted by atomic mass is 16.6. The Labute approximate surface area is 501 Å². The van der Waals surface area contributed by atoms with E-state index in [1.165, 1.54) is 340 Å². The van der Waals surface area contributed by atoms with Crippen molar-refractivity contribution in [3.8, 4) is 0 Å². The molecule has 0 bridgehead atoms. The van der Waals surface area contributed by atoms with E-state index in [1.807, 2.05) is 0 Å². The maximum atomic E-state index is 13.0. The average Bonchev–Trinajstić information content (AvgIpc) is 3.46. The summed E-state index contributed by atoms with van der Waals surface area (Å²) in [5.41, 5.74) is 0. The largest absolute Gasteiger partial charge is 0.462 e. The molecule has 0 amide bonds. The van der Waals surface area contributed by atoms with Gasteiger partial charge in [-0.2, -0.15) is 0 Å². The van der Waals surface area contributed by atoms with Crippen LogP contribution < -0.4 is 0 Å². The Hall–Kier alpha value is -1.59. The predicted molar refractivity (Wildman–Crippen MR) is 349 cm³/mol. The van der Waals surface area contributed by atoms with Crippen molar-refractivity contribution in [1.29, 1.82) is 0 Å². The third kappa shape index (κ3) is 67.2. The SMILES string of the molecule is CCCCCCCCCCCCCCCCCCCCCCCCCCCCCCC(=O)OCC(COC(=O)CCCCCCCCCCCCCCCCCC)OC(=O)CCCCCCCCCCCCCCCCCCCC. The molecule has 0 heterocycles. The van der Waals surface area contributed by atoms with Gasteiger partial charge in [0, 0.05) is 19.3 Å². The van der Waals surface area contributed by atoms with Gasteiger partial charge in [0.1, 0.15) is 13.2 Å². The van der Waals surface area contributed by atoms with Gasteiger partial charge in [-0.05, 0) is 19.3 Å². The van der Waals surface area contributed by atoms with Crippen molar-refractivity contribution < 1.29 is 28.6 Å². The molecule has 476 valence electrons. The molecule has 0 saturated heterocycles. The molecule has 0 aliphatic rings. The highest BCUT2D eigenvalue weighted by Gasteiger charge is 2.20. The number of esters is 3. The standard InChI is InChI=1S/C74H144O6/c1-4-7-10-13-16-19-22-25-28-31-33-34-35-36-37-38-39-40-41-42-44-46-49-52-55-58-61-64-67-73(76)79-70-71(69-78-72(75)66-63-60-57-54-51-48-45-30-27-24-21-18-15-12-9-6-3)80-74(77)68-65-62-59-56-53-50-47-43-32-29-26-23-20-17-14-11-8-5-2/h71H,4-70H2,1-3H3. The molecular formula is C74H144O6. The Morgan fingerprint density at radius 1 is 0.200 bits per heavy atom. The zero-order valence-corrected chi connectivity index (χ0v) is 54.9. The maximum absolute atomic E-state index is 13.0. The van der Waals surface area contributed by atoms with Crippen LogP contribution in [-0.4, -0.2) is 37.2 Å². The van der Waals surface area contributed by atoms with E-state index in [1.54, 1.807) is 0 Å². The number of unbranched alkanes of at least 4 members (excludes halogenated alkanes) is 59. The van der Waals surface area contributed by atoms with Gasteiger partial charge < -0.3 is 14.2 Å². The summed E-state index contributed by atoms with van der Waals surface area (Å²) >= 11 is 0. The number of ether oxygens (including phenoxy) is 3. The van der Waals surface area contributed by atoms with Crippen LogP contribution in [0.4, 0.5) is 0 Å². The molecule has 0 aromatic carbocycles.